The Morgan fingerprint density at radius 3 is 1.14 bits per heavy atom. The third kappa shape index (κ3) is 5.33. The second-order valence-corrected chi connectivity index (χ2v) is 8.20. The predicted molar refractivity (Wildman–Crippen MR) is 135 cm³/mol. The van der Waals surface area contributed by atoms with Crippen molar-refractivity contribution in [1.29, 1.82) is 0 Å². The highest BCUT2D eigenvalue weighted by Crippen LogP contribution is 2.39. The molecule has 0 spiro atoms. The van der Waals surface area contributed by atoms with E-state index in [1.165, 1.54) is 12.1 Å². The number of hydrogen-bond acceptors (Lipinski definition) is 6. The summed E-state index contributed by atoms with van der Waals surface area (Å²) in [4.78, 5) is 38.9. The summed E-state index contributed by atoms with van der Waals surface area (Å²) in [5, 5.41) is 0. The Morgan fingerprint density at radius 1 is 0.444 bits per heavy atom. The van der Waals surface area contributed by atoms with Gasteiger partial charge in [-0.25, -0.2) is 14.4 Å². The zero-order chi connectivity index (χ0) is 25.7. The molecule has 0 aliphatic heterocycles. The Bertz CT molecular complexity index is 1380. The molecule has 0 fully saturated rings. The average Bonchev–Trinajstić information content (AvgIpc) is 2.86. The molecule has 36 heavy (non-hydrogen) atoms. The molecule has 0 aliphatic rings. The van der Waals surface area contributed by atoms with Crippen LogP contribution in [-0.2, 0) is 0 Å². The largest absolute Gasteiger partial charge is 0.419 e. The van der Waals surface area contributed by atoms with Crippen LogP contribution in [0.2, 0.25) is 0 Å². The number of benzene rings is 4. The van der Waals surface area contributed by atoms with Crippen molar-refractivity contribution < 1.29 is 28.6 Å². The summed E-state index contributed by atoms with van der Waals surface area (Å²) < 4.78 is 16.9. The Balaban J connectivity index is 1.72. The van der Waals surface area contributed by atoms with Crippen LogP contribution in [0, 0.1) is 20.8 Å². The number of esters is 3. The van der Waals surface area contributed by atoms with Gasteiger partial charge in [-0.05, 0) is 67.8 Å². The minimum absolute atomic E-state index is 0.0553. The first-order valence-corrected chi connectivity index (χ1v) is 11.3. The molecule has 0 aliphatic carbocycles. The van der Waals surface area contributed by atoms with Gasteiger partial charge in [0, 0.05) is 0 Å². The van der Waals surface area contributed by atoms with Gasteiger partial charge in [-0.1, -0.05) is 60.7 Å². The first-order chi connectivity index (χ1) is 17.3. The first kappa shape index (κ1) is 24.4. The molecule has 180 valence electrons. The van der Waals surface area contributed by atoms with Crippen molar-refractivity contribution in [2.45, 2.75) is 20.8 Å². The van der Waals surface area contributed by atoms with E-state index in [4.69, 9.17) is 14.2 Å². The molecular formula is C30H24O6. The second kappa shape index (κ2) is 10.7. The highest BCUT2D eigenvalue weighted by Gasteiger charge is 2.24. The van der Waals surface area contributed by atoms with Crippen molar-refractivity contribution in [3.63, 3.8) is 0 Å². The summed E-state index contributed by atoms with van der Waals surface area (Å²) in [7, 11) is 0. The summed E-state index contributed by atoms with van der Waals surface area (Å²) in [6.45, 7) is 5.35. The van der Waals surface area contributed by atoms with Gasteiger partial charge in [0.1, 0.15) is 0 Å². The molecule has 4 aromatic rings. The van der Waals surface area contributed by atoms with E-state index >= 15 is 0 Å². The van der Waals surface area contributed by atoms with Gasteiger partial charge in [-0.15, -0.1) is 0 Å². The molecular weight excluding hydrogens is 456 g/mol. The highest BCUT2D eigenvalue weighted by atomic mass is 16.6. The van der Waals surface area contributed by atoms with Crippen LogP contribution in [-0.4, -0.2) is 17.9 Å². The quantitative estimate of drug-likeness (QED) is 0.239. The van der Waals surface area contributed by atoms with Gasteiger partial charge in [0.25, 0.3) is 0 Å². The van der Waals surface area contributed by atoms with Crippen LogP contribution < -0.4 is 14.2 Å². The topological polar surface area (TPSA) is 78.9 Å². The van der Waals surface area contributed by atoms with E-state index in [1.54, 1.807) is 87.5 Å². The SMILES string of the molecule is Cc1ccccc1C(=O)Oc1cccc(OC(=O)c2ccccc2C)c1OC(=O)c1ccccc1C. The molecule has 0 unspecified atom stereocenters. The third-order valence-corrected chi connectivity index (χ3v) is 5.64. The van der Waals surface area contributed by atoms with Gasteiger partial charge in [0.15, 0.2) is 11.5 Å². The molecule has 0 saturated carbocycles. The molecule has 4 rings (SSSR count). The number of aryl methyl sites for hydroxylation is 3. The van der Waals surface area contributed by atoms with Gasteiger partial charge in [0.2, 0.25) is 5.75 Å². The van der Waals surface area contributed by atoms with Gasteiger partial charge in [0.05, 0.1) is 16.7 Å². The zero-order valence-electron chi connectivity index (χ0n) is 20.1. The predicted octanol–water partition coefficient (Wildman–Crippen LogP) is 6.27. The lowest BCUT2D eigenvalue weighted by molar-refractivity contribution is 0.0656. The Hall–Kier alpha value is -4.71. The number of ether oxygens (including phenoxy) is 3. The Labute approximate surface area is 209 Å². The molecule has 6 heteroatoms. The maximum absolute atomic E-state index is 13.1. The van der Waals surface area contributed by atoms with Crippen molar-refractivity contribution in [1.82, 2.24) is 0 Å². The summed E-state index contributed by atoms with van der Waals surface area (Å²) in [5.74, 6) is -2.23. The van der Waals surface area contributed by atoms with Gasteiger partial charge in [-0.2, -0.15) is 0 Å². The number of para-hydroxylation sites is 1. The van der Waals surface area contributed by atoms with Crippen molar-refractivity contribution in [3.8, 4) is 17.2 Å². The van der Waals surface area contributed by atoms with E-state index < -0.39 is 17.9 Å². The van der Waals surface area contributed by atoms with Gasteiger partial charge in [-0.3, -0.25) is 0 Å². The standard InChI is InChI=1S/C30H24O6/c1-19-11-4-7-14-22(19)28(31)34-25-17-10-18-26(35-29(32)23-15-8-5-12-20(23)2)27(25)36-30(33)24-16-9-6-13-21(24)3/h4-18H,1-3H3. The minimum Gasteiger partial charge on any atom is -0.419 e. The zero-order valence-corrected chi connectivity index (χ0v) is 20.1. The van der Waals surface area contributed by atoms with Crippen LogP contribution in [0.4, 0.5) is 0 Å². The lowest BCUT2D eigenvalue weighted by Gasteiger charge is -2.16. The first-order valence-electron chi connectivity index (χ1n) is 11.3. The van der Waals surface area contributed by atoms with Crippen LogP contribution in [0.5, 0.6) is 17.2 Å². The van der Waals surface area contributed by atoms with Crippen molar-refractivity contribution in [2.75, 3.05) is 0 Å². The van der Waals surface area contributed by atoms with E-state index in [-0.39, 0.29) is 17.2 Å². The molecule has 0 N–H and O–H groups in total. The Kier molecular flexibility index (Phi) is 7.25. The summed E-state index contributed by atoms with van der Waals surface area (Å²) in [6.07, 6.45) is 0. The lowest BCUT2D eigenvalue weighted by Crippen LogP contribution is -2.16. The fraction of sp³-hybridized carbons (Fsp3) is 0.100. The molecule has 0 saturated heterocycles. The van der Waals surface area contributed by atoms with Crippen molar-refractivity contribution >= 4 is 17.9 Å². The monoisotopic (exact) mass is 480 g/mol. The van der Waals surface area contributed by atoms with Crippen LogP contribution in [0.3, 0.4) is 0 Å². The smallest absolute Gasteiger partial charge is 0.344 e. The van der Waals surface area contributed by atoms with Crippen molar-refractivity contribution in [2.24, 2.45) is 0 Å². The van der Waals surface area contributed by atoms with Crippen LogP contribution >= 0.6 is 0 Å². The molecule has 0 radical (unpaired) electrons. The minimum atomic E-state index is -0.680. The van der Waals surface area contributed by atoms with Gasteiger partial charge < -0.3 is 14.2 Å². The fourth-order valence-corrected chi connectivity index (χ4v) is 3.62. The van der Waals surface area contributed by atoms with E-state index in [2.05, 4.69) is 0 Å². The van der Waals surface area contributed by atoms with E-state index in [9.17, 15) is 14.4 Å². The number of carbonyl (C=O) groups is 3. The van der Waals surface area contributed by atoms with E-state index in [0.29, 0.717) is 22.3 Å². The lowest BCUT2D eigenvalue weighted by atomic mass is 10.1. The van der Waals surface area contributed by atoms with Crippen LogP contribution in [0.25, 0.3) is 0 Å². The summed E-state index contributed by atoms with van der Waals surface area (Å²) >= 11 is 0. The highest BCUT2D eigenvalue weighted by molar-refractivity contribution is 5.96. The summed E-state index contributed by atoms with van der Waals surface area (Å²) in [6, 6.07) is 25.3. The number of rotatable bonds is 6. The number of hydrogen-bond donors (Lipinski definition) is 0. The maximum Gasteiger partial charge on any atom is 0.344 e. The second-order valence-electron chi connectivity index (χ2n) is 8.20. The van der Waals surface area contributed by atoms with E-state index in [1.807, 2.05) is 12.1 Å². The van der Waals surface area contributed by atoms with Crippen LogP contribution in [0.1, 0.15) is 47.8 Å². The van der Waals surface area contributed by atoms with Crippen LogP contribution in [0.15, 0.2) is 91.0 Å². The molecule has 0 bridgehead atoms. The molecule has 0 amide bonds. The average molecular weight is 481 g/mol. The molecule has 6 nitrogen and oxygen atoms in total. The third-order valence-electron chi connectivity index (χ3n) is 5.64. The molecule has 0 atom stereocenters. The summed E-state index contributed by atoms with van der Waals surface area (Å²) in [5.41, 5.74) is 3.20. The fourth-order valence-electron chi connectivity index (χ4n) is 3.62. The molecule has 4 aromatic carbocycles. The number of carbonyl (C=O) groups excluding carboxylic acids is 3. The normalized spacial score (nSPS) is 10.4. The Morgan fingerprint density at radius 2 is 0.778 bits per heavy atom. The van der Waals surface area contributed by atoms with Crippen molar-refractivity contribution in [3.05, 3.63) is 124 Å². The van der Waals surface area contributed by atoms with E-state index in [0.717, 1.165) is 11.1 Å². The molecule has 0 aromatic heterocycles. The van der Waals surface area contributed by atoms with Gasteiger partial charge >= 0.3 is 17.9 Å². The molecule has 0 heterocycles. The maximum atomic E-state index is 13.1.